The van der Waals surface area contributed by atoms with Crippen LogP contribution in [0, 0.1) is 5.82 Å². The number of hydrogen-bond acceptors (Lipinski definition) is 2. The zero-order valence-corrected chi connectivity index (χ0v) is 11.4. The van der Waals surface area contributed by atoms with Crippen molar-refractivity contribution in [2.45, 2.75) is 19.4 Å². The Kier molecular flexibility index (Phi) is 5.89. The summed E-state index contributed by atoms with van der Waals surface area (Å²) in [7, 11) is 4.05. The molecule has 1 rings (SSSR count). The first-order valence-electron chi connectivity index (χ1n) is 5.87. The molecule has 0 heterocycles. The van der Waals surface area contributed by atoms with Gasteiger partial charge in [-0.15, -0.1) is 0 Å². The van der Waals surface area contributed by atoms with Gasteiger partial charge in [0, 0.05) is 11.1 Å². The monoisotopic (exact) mass is 258 g/mol. The highest BCUT2D eigenvalue weighted by atomic mass is 35.5. The lowest BCUT2D eigenvalue weighted by atomic mass is 10.0. The molecule has 0 bridgehead atoms. The molecule has 17 heavy (non-hydrogen) atoms. The molecule has 1 aromatic rings. The normalized spacial score (nSPS) is 13.1. The zero-order chi connectivity index (χ0) is 12.8. The van der Waals surface area contributed by atoms with E-state index >= 15 is 0 Å². The molecule has 0 saturated carbocycles. The molecule has 0 saturated heterocycles. The van der Waals surface area contributed by atoms with Gasteiger partial charge in [0.1, 0.15) is 5.82 Å². The van der Waals surface area contributed by atoms with Crippen molar-refractivity contribution in [1.29, 1.82) is 0 Å². The van der Waals surface area contributed by atoms with Gasteiger partial charge in [-0.1, -0.05) is 18.5 Å². The lowest BCUT2D eigenvalue weighted by Crippen LogP contribution is -2.25. The lowest BCUT2D eigenvalue weighted by molar-refractivity contribution is 0.363. The Morgan fingerprint density at radius 1 is 1.41 bits per heavy atom. The summed E-state index contributed by atoms with van der Waals surface area (Å²) in [5.41, 5.74) is 0.843. The average Bonchev–Trinajstić information content (AvgIpc) is 2.27. The van der Waals surface area contributed by atoms with Crippen LogP contribution in [0.3, 0.4) is 0 Å². The van der Waals surface area contributed by atoms with Crippen LogP contribution in [-0.4, -0.2) is 32.1 Å². The second kappa shape index (κ2) is 6.94. The fourth-order valence-corrected chi connectivity index (χ4v) is 2.03. The number of hydrogen-bond donors (Lipinski definition) is 1. The third-order valence-corrected chi connectivity index (χ3v) is 2.99. The van der Waals surface area contributed by atoms with E-state index in [0.29, 0.717) is 5.02 Å². The quantitative estimate of drug-likeness (QED) is 0.844. The van der Waals surface area contributed by atoms with Gasteiger partial charge in [0.2, 0.25) is 0 Å². The molecule has 1 N–H and O–H groups in total. The molecule has 1 aromatic carbocycles. The van der Waals surface area contributed by atoms with Gasteiger partial charge in [-0.05, 0) is 57.4 Å². The molecule has 0 spiro atoms. The molecular formula is C13H20ClFN2. The molecular weight excluding hydrogens is 239 g/mol. The fourth-order valence-electron chi connectivity index (χ4n) is 1.78. The van der Waals surface area contributed by atoms with Crippen molar-refractivity contribution >= 4 is 11.6 Å². The SMILES string of the molecule is CCNC(CCN(C)C)c1cc(F)ccc1Cl. The van der Waals surface area contributed by atoms with Crippen LogP contribution in [0.15, 0.2) is 18.2 Å². The summed E-state index contributed by atoms with van der Waals surface area (Å²) in [4.78, 5) is 2.11. The van der Waals surface area contributed by atoms with E-state index in [1.54, 1.807) is 6.07 Å². The van der Waals surface area contributed by atoms with Gasteiger partial charge in [-0.25, -0.2) is 4.39 Å². The largest absolute Gasteiger partial charge is 0.310 e. The topological polar surface area (TPSA) is 15.3 Å². The van der Waals surface area contributed by atoms with Gasteiger partial charge < -0.3 is 10.2 Å². The standard InChI is InChI=1S/C13H20ClFN2/c1-4-16-13(7-8-17(2)3)11-9-10(15)5-6-12(11)14/h5-6,9,13,16H,4,7-8H2,1-3H3. The van der Waals surface area contributed by atoms with E-state index < -0.39 is 0 Å². The van der Waals surface area contributed by atoms with Gasteiger partial charge in [-0.3, -0.25) is 0 Å². The van der Waals surface area contributed by atoms with Crippen molar-refractivity contribution in [2.24, 2.45) is 0 Å². The summed E-state index contributed by atoms with van der Waals surface area (Å²) < 4.78 is 13.2. The molecule has 96 valence electrons. The Morgan fingerprint density at radius 3 is 2.71 bits per heavy atom. The second-order valence-corrected chi connectivity index (χ2v) is 4.78. The van der Waals surface area contributed by atoms with Crippen molar-refractivity contribution in [3.8, 4) is 0 Å². The summed E-state index contributed by atoms with van der Waals surface area (Å²) in [5, 5.41) is 3.97. The van der Waals surface area contributed by atoms with Crippen molar-refractivity contribution < 1.29 is 4.39 Å². The summed E-state index contributed by atoms with van der Waals surface area (Å²) in [6.07, 6.45) is 0.907. The van der Waals surface area contributed by atoms with Crippen molar-refractivity contribution in [3.63, 3.8) is 0 Å². The van der Waals surface area contributed by atoms with Gasteiger partial charge >= 0.3 is 0 Å². The number of rotatable bonds is 6. The molecule has 4 heteroatoms. The van der Waals surface area contributed by atoms with E-state index in [1.165, 1.54) is 12.1 Å². The van der Waals surface area contributed by atoms with Crippen molar-refractivity contribution in [1.82, 2.24) is 10.2 Å². The minimum atomic E-state index is -0.239. The molecule has 0 aliphatic heterocycles. The number of nitrogens with zero attached hydrogens (tertiary/aromatic N) is 1. The molecule has 2 nitrogen and oxygen atoms in total. The maximum absolute atomic E-state index is 13.2. The first kappa shape index (κ1) is 14.4. The molecule has 0 fully saturated rings. The van der Waals surface area contributed by atoms with Crippen LogP contribution in [0.4, 0.5) is 4.39 Å². The van der Waals surface area contributed by atoms with E-state index in [0.717, 1.165) is 25.1 Å². The van der Waals surface area contributed by atoms with Crippen molar-refractivity contribution in [3.05, 3.63) is 34.6 Å². The Bertz CT molecular complexity index is 355. The van der Waals surface area contributed by atoms with Gasteiger partial charge in [0.05, 0.1) is 0 Å². The summed E-state index contributed by atoms with van der Waals surface area (Å²) >= 11 is 6.12. The predicted octanol–water partition coefficient (Wildman–Crippen LogP) is 3.08. The highest BCUT2D eigenvalue weighted by molar-refractivity contribution is 6.31. The first-order chi connectivity index (χ1) is 8.04. The van der Waals surface area contributed by atoms with Crippen LogP contribution in [0.1, 0.15) is 24.9 Å². The Hall–Kier alpha value is -0.640. The van der Waals surface area contributed by atoms with Gasteiger partial charge in [0.25, 0.3) is 0 Å². The third kappa shape index (κ3) is 4.62. The van der Waals surface area contributed by atoms with E-state index in [4.69, 9.17) is 11.6 Å². The highest BCUT2D eigenvalue weighted by Gasteiger charge is 2.14. The van der Waals surface area contributed by atoms with Crippen LogP contribution in [0.5, 0.6) is 0 Å². The van der Waals surface area contributed by atoms with E-state index in [9.17, 15) is 4.39 Å². The number of halogens is 2. The molecule has 0 aromatic heterocycles. The molecule has 0 amide bonds. The molecule has 1 atom stereocenters. The predicted molar refractivity (Wildman–Crippen MR) is 71.0 cm³/mol. The Labute approximate surface area is 108 Å². The highest BCUT2D eigenvalue weighted by Crippen LogP contribution is 2.26. The third-order valence-electron chi connectivity index (χ3n) is 2.65. The molecule has 0 aliphatic carbocycles. The number of nitrogens with one attached hydrogen (secondary N) is 1. The number of benzene rings is 1. The minimum absolute atomic E-state index is 0.102. The van der Waals surface area contributed by atoms with Crippen LogP contribution >= 0.6 is 11.6 Å². The average molecular weight is 259 g/mol. The maximum Gasteiger partial charge on any atom is 0.123 e. The Morgan fingerprint density at radius 2 is 2.12 bits per heavy atom. The Balaban J connectivity index is 2.84. The lowest BCUT2D eigenvalue weighted by Gasteiger charge is -2.21. The molecule has 0 aliphatic rings. The van der Waals surface area contributed by atoms with E-state index in [2.05, 4.69) is 10.2 Å². The molecule has 1 unspecified atom stereocenters. The van der Waals surface area contributed by atoms with Gasteiger partial charge in [-0.2, -0.15) is 0 Å². The smallest absolute Gasteiger partial charge is 0.123 e. The minimum Gasteiger partial charge on any atom is -0.310 e. The van der Waals surface area contributed by atoms with Crippen molar-refractivity contribution in [2.75, 3.05) is 27.2 Å². The van der Waals surface area contributed by atoms with Crippen LogP contribution in [-0.2, 0) is 0 Å². The summed E-state index contributed by atoms with van der Waals surface area (Å²) in [6.45, 7) is 3.81. The summed E-state index contributed by atoms with van der Waals surface area (Å²) in [5.74, 6) is -0.239. The van der Waals surface area contributed by atoms with Crippen LogP contribution < -0.4 is 5.32 Å². The van der Waals surface area contributed by atoms with Crippen LogP contribution in [0.2, 0.25) is 5.02 Å². The van der Waals surface area contributed by atoms with E-state index in [1.807, 2.05) is 21.0 Å². The zero-order valence-electron chi connectivity index (χ0n) is 10.6. The van der Waals surface area contributed by atoms with Crippen LogP contribution in [0.25, 0.3) is 0 Å². The first-order valence-corrected chi connectivity index (χ1v) is 6.25. The fraction of sp³-hybridized carbons (Fsp3) is 0.538. The molecule has 0 radical (unpaired) electrons. The second-order valence-electron chi connectivity index (χ2n) is 4.37. The maximum atomic E-state index is 13.2. The van der Waals surface area contributed by atoms with Gasteiger partial charge in [0.15, 0.2) is 0 Å². The summed E-state index contributed by atoms with van der Waals surface area (Å²) in [6, 6.07) is 4.63. The van der Waals surface area contributed by atoms with E-state index in [-0.39, 0.29) is 11.9 Å².